The molecule has 2 atom stereocenters. The molecule has 0 spiro atoms. The van der Waals surface area contributed by atoms with Crippen molar-refractivity contribution in [2.75, 3.05) is 0 Å². The predicted octanol–water partition coefficient (Wildman–Crippen LogP) is 2.89. The Morgan fingerprint density at radius 2 is 1.86 bits per heavy atom. The third-order valence-corrected chi connectivity index (χ3v) is 5.89. The van der Waals surface area contributed by atoms with Gasteiger partial charge in [0.2, 0.25) is 0 Å². The first-order valence-electron chi connectivity index (χ1n) is 6.48. The monoisotopic (exact) mass is 325 g/mol. The van der Waals surface area contributed by atoms with Crippen molar-refractivity contribution in [3.63, 3.8) is 0 Å². The summed E-state index contributed by atoms with van der Waals surface area (Å²) in [6.07, 6.45) is -3.06. The van der Waals surface area contributed by atoms with Crippen LogP contribution in [0, 0.1) is 5.82 Å². The fourth-order valence-electron chi connectivity index (χ4n) is 2.55. The summed E-state index contributed by atoms with van der Waals surface area (Å²) < 4.78 is 76.0. The molecule has 2 rings (SSSR count). The zero-order valence-corrected chi connectivity index (χ0v) is 11.8. The molecule has 118 valence electrons. The maximum Gasteiger partial charge on any atom is 0.419 e. The van der Waals surface area contributed by atoms with Gasteiger partial charge in [0.05, 0.1) is 15.7 Å². The first kappa shape index (κ1) is 16.2. The van der Waals surface area contributed by atoms with Crippen LogP contribution >= 0.6 is 0 Å². The van der Waals surface area contributed by atoms with Crippen molar-refractivity contribution < 1.29 is 26.0 Å². The van der Waals surface area contributed by atoms with Crippen LogP contribution < -0.4 is 5.73 Å². The molecule has 21 heavy (non-hydrogen) atoms. The molecule has 0 heterocycles. The minimum absolute atomic E-state index is 0.209. The zero-order chi connectivity index (χ0) is 15.8. The van der Waals surface area contributed by atoms with Crippen molar-refractivity contribution >= 4 is 9.84 Å². The van der Waals surface area contributed by atoms with Gasteiger partial charge in [0.25, 0.3) is 0 Å². The molecule has 1 saturated carbocycles. The average Bonchev–Trinajstić information content (AvgIpc) is 2.37. The second kappa shape index (κ2) is 5.57. The Kier molecular flexibility index (Phi) is 4.30. The Morgan fingerprint density at radius 3 is 2.43 bits per heavy atom. The van der Waals surface area contributed by atoms with E-state index in [0.29, 0.717) is 31.4 Å². The number of benzene rings is 1. The van der Waals surface area contributed by atoms with Crippen LogP contribution in [0.5, 0.6) is 0 Å². The number of sulfone groups is 1. The van der Waals surface area contributed by atoms with E-state index in [1.165, 1.54) is 0 Å². The second-order valence-corrected chi connectivity index (χ2v) is 7.46. The third-order valence-electron chi connectivity index (χ3n) is 3.68. The maximum absolute atomic E-state index is 13.2. The first-order valence-corrected chi connectivity index (χ1v) is 8.03. The summed E-state index contributed by atoms with van der Waals surface area (Å²) in [7, 11) is -3.94. The van der Waals surface area contributed by atoms with Gasteiger partial charge in [-0.2, -0.15) is 13.2 Å². The van der Waals surface area contributed by atoms with Gasteiger partial charge >= 0.3 is 6.18 Å². The van der Waals surface area contributed by atoms with E-state index in [2.05, 4.69) is 0 Å². The van der Waals surface area contributed by atoms with Crippen LogP contribution in [0.2, 0.25) is 0 Å². The highest BCUT2D eigenvalue weighted by Crippen LogP contribution is 2.35. The molecule has 0 saturated heterocycles. The number of nitrogens with two attached hydrogens (primary N) is 1. The van der Waals surface area contributed by atoms with Gasteiger partial charge in [0.15, 0.2) is 9.84 Å². The van der Waals surface area contributed by atoms with E-state index in [9.17, 15) is 26.0 Å². The fraction of sp³-hybridized carbons (Fsp3) is 0.538. The van der Waals surface area contributed by atoms with Gasteiger partial charge in [-0.1, -0.05) is 6.42 Å². The van der Waals surface area contributed by atoms with Gasteiger partial charge in [-0.15, -0.1) is 0 Å². The van der Waals surface area contributed by atoms with Crippen LogP contribution in [0.1, 0.15) is 31.2 Å². The van der Waals surface area contributed by atoms with E-state index in [-0.39, 0.29) is 12.5 Å². The minimum Gasteiger partial charge on any atom is -0.328 e. The topological polar surface area (TPSA) is 60.2 Å². The number of hydrogen-bond donors (Lipinski definition) is 1. The fourth-order valence-corrected chi connectivity index (χ4v) is 4.46. The summed E-state index contributed by atoms with van der Waals surface area (Å²) in [4.78, 5) is -0.504. The molecule has 1 aliphatic carbocycles. The molecule has 1 aromatic carbocycles. The van der Waals surface area contributed by atoms with Crippen LogP contribution in [-0.4, -0.2) is 19.7 Å². The largest absolute Gasteiger partial charge is 0.419 e. The quantitative estimate of drug-likeness (QED) is 0.672. The molecule has 1 aliphatic rings. The lowest BCUT2D eigenvalue weighted by Crippen LogP contribution is -2.35. The van der Waals surface area contributed by atoms with Gasteiger partial charge < -0.3 is 5.73 Å². The molecular formula is C13H15F4NO2S. The number of halogens is 4. The number of hydrogen-bond acceptors (Lipinski definition) is 3. The van der Waals surface area contributed by atoms with Crippen molar-refractivity contribution in [3.05, 3.63) is 29.6 Å². The van der Waals surface area contributed by atoms with Crippen molar-refractivity contribution in [3.8, 4) is 0 Å². The van der Waals surface area contributed by atoms with Gasteiger partial charge in [0, 0.05) is 6.04 Å². The smallest absolute Gasteiger partial charge is 0.328 e. The highest BCUT2D eigenvalue weighted by molar-refractivity contribution is 7.92. The summed E-state index contributed by atoms with van der Waals surface area (Å²) in [5, 5.41) is -0.812. The Bertz CT molecular complexity index is 628. The van der Waals surface area contributed by atoms with E-state index >= 15 is 0 Å². The van der Waals surface area contributed by atoms with Crippen LogP contribution in [0.4, 0.5) is 17.6 Å². The molecule has 0 amide bonds. The van der Waals surface area contributed by atoms with Crippen molar-refractivity contribution in [1.82, 2.24) is 0 Å². The Balaban J connectivity index is 2.41. The zero-order valence-electron chi connectivity index (χ0n) is 11.0. The highest BCUT2D eigenvalue weighted by Gasteiger charge is 2.37. The highest BCUT2D eigenvalue weighted by atomic mass is 32.2. The molecule has 1 aromatic rings. The molecule has 0 aliphatic heterocycles. The number of rotatable bonds is 2. The minimum atomic E-state index is -4.93. The molecule has 8 heteroatoms. The lowest BCUT2D eigenvalue weighted by Gasteiger charge is -2.26. The Hall–Kier alpha value is -1.15. The molecule has 0 bridgehead atoms. The van der Waals surface area contributed by atoms with Crippen molar-refractivity contribution in [2.24, 2.45) is 5.73 Å². The molecule has 3 nitrogen and oxygen atoms in total. The summed E-state index contributed by atoms with van der Waals surface area (Å²) in [6.45, 7) is 0. The average molecular weight is 325 g/mol. The van der Waals surface area contributed by atoms with E-state index in [4.69, 9.17) is 5.73 Å². The molecule has 1 fully saturated rings. The summed E-state index contributed by atoms with van der Waals surface area (Å²) in [5.41, 5.74) is 4.15. The van der Waals surface area contributed by atoms with Crippen LogP contribution in [0.25, 0.3) is 0 Å². The Labute approximate surface area is 120 Å². The van der Waals surface area contributed by atoms with Gasteiger partial charge in [0.1, 0.15) is 5.82 Å². The third kappa shape index (κ3) is 3.37. The van der Waals surface area contributed by atoms with E-state index in [1.54, 1.807) is 0 Å². The summed E-state index contributed by atoms with van der Waals surface area (Å²) in [5.74, 6) is -1.48. The molecule has 0 radical (unpaired) electrons. The standard InChI is InChI=1S/C13H15F4NO2S/c14-12-5-4-10(7-11(12)13(15,16)17)21(19,20)9-3-1-2-8(18)6-9/h4-5,7-9H,1-3,6,18H2. The molecule has 2 unspecified atom stereocenters. The predicted molar refractivity (Wildman–Crippen MR) is 68.8 cm³/mol. The van der Waals surface area contributed by atoms with Crippen LogP contribution in [0.3, 0.4) is 0 Å². The van der Waals surface area contributed by atoms with Crippen molar-refractivity contribution in [2.45, 2.75) is 48.0 Å². The van der Waals surface area contributed by atoms with E-state index < -0.39 is 37.5 Å². The first-order chi connectivity index (χ1) is 9.62. The molecular weight excluding hydrogens is 310 g/mol. The maximum atomic E-state index is 13.2. The molecule has 0 aromatic heterocycles. The SMILES string of the molecule is NC1CCCC(S(=O)(=O)c2ccc(F)c(C(F)(F)F)c2)C1. The normalized spacial score (nSPS) is 24.0. The second-order valence-electron chi connectivity index (χ2n) is 5.23. The van der Waals surface area contributed by atoms with Crippen LogP contribution in [0.15, 0.2) is 23.1 Å². The van der Waals surface area contributed by atoms with E-state index in [0.717, 1.165) is 6.07 Å². The Morgan fingerprint density at radius 1 is 1.19 bits per heavy atom. The summed E-state index contributed by atoms with van der Waals surface area (Å²) in [6, 6.07) is 1.50. The number of alkyl halides is 3. The summed E-state index contributed by atoms with van der Waals surface area (Å²) >= 11 is 0. The lowest BCUT2D eigenvalue weighted by molar-refractivity contribution is -0.140. The lowest BCUT2D eigenvalue weighted by atomic mass is 9.96. The van der Waals surface area contributed by atoms with Gasteiger partial charge in [-0.25, -0.2) is 12.8 Å². The van der Waals surface area contributed by atoms with E-state index in [1.807, 2.05) is 0 Å². The molecule has 2 N–H and O–H groups in total. The van der Waals surface area contributed by atoms with Gasteiger partial charge in [-0.3, -0.25) is 0 Å². The van der Waals surface area contributed by atoms with Gasteiger partial charge in [-0.05, 0) is 37.5 Å². The van der Waals surface area contributed by atoms with Crippen molar-refractivity contribution in [1.29, 1.82) is 0 Å². The van der Waals surface area contributed by atoms with Crippen LogP contribution in [-0.2, 0) is 16.0 Å².